The molecule has 4 aromatic rings. The standard InChI is InChI=1S/C39H35F3N6O2/c1-46(2)20-17-43-38(50)26-15-18-47(19-16-26)35-13-10-30(22-32(35)39(40,41)42)48-36(49)14-9-28-23-45-34-12-8-25(7-11-31(34)37(28)48)29-21-27-5-3-4-6-33(27)44-24-29/h3-6,8-10,12-14,21-24,26,31H,15-20H2,1-2H3,(H,43,50). The Morgan fingerprint density at radius 1 is 1.04 bits per heavy atom. The van der Waals surface area contributed by atoms with Gasteiger partial charge in [-0.3, -0.25) is 24.1 Å². The fourth-order valence-electron chi connectivity index (χ4n) is 6.72. The molecule has 1 unspecified atom stereocenters. The van der Waals surface area contributed by atoms with Crippen LogP contribution in [0.5, 0.6) is 0 Å². The van der Waals surface area contributed by atoms with E-state index >= 15 is 0 Å². The van der Waals surface area contributed by atoms with Gasteiger partial charge in [0, 0.05) is 84.0 Å². The second-order valence-electron chi connectivity index (χ2n) is 13.0. The van der Waals surface area contributed by atoms with E-state index in [1.165, 1.54) is 16.7 Å². The lowest BCUT2D eigenvalue weighted by atomic mass is 9.93. The van der Waals surface area contributed by atoms with Gasteiger partial charge in [-0.15, -0.1) is 0 Å². The molecule has 0 bridgehead atoms. The van der Waals surface area contributed by atoms with Crippen LogP contribution in [0.1, 0.15) is 41.1 Å². The maximum Gasteiger partial charge on any atom is 0.418 e. The van der Waals surface area contributed by atoms with Gasteiger partial charge in [0.1, 0.15) is 5.92 Å². The van der Waals surface area contributed by atoms with Gasteiger partial charge in [0.15, 0.2) is 0 Å². The fourth-order valence-corrected chi connectivity index (χ4v) is 6.72. The minimum Gasteiger partial charge on any atom is -0.371 e. The predicted octanol–water partition coefficient (Wildman–Crippen LogP) is 5.80. The van der Waals surface area contributed by atoms with Crippen molar-refractivity contribution < 1.29 is 18.0 Å². The summed E-state index contributed by atoms with van der Waals surface area (Å²) in [6.07, 6.45) is 3.25. The van der Waals surface area contributed by atoms with Crippen molar-refractivity contribution in [1.29, 1.82) is 0 Å². The number of para-hydroxylation sites is 1. The van der Waals surface area contributed by atoms with E-state index in [0.29, 0.717) is 61.5 Å². The highest BCUT2D eigenvalue weighted by Gasteiger charge is 2.37. The first-order valence-corrected chi connectivity index (χ1v) is 16.5. The Balaban J connectivity index is 1.20. The van der Waals surface area contributed by atoms with E-state index in [9.17, 15) is 22.8 Å². The van der Waals surface area contributed by atoms with Crippen LogP contribution in [0.2, 0.25) is 0 Å². The molecule has 50 heavy (non-hydrogen) atoms. The van der Waals surface area contributed by atoms with Crippen LogP contribution in [0.25, 0.3) is 22.2 Å². The molecule has 2 aliphatic heterocycles. The zero-order valence-corrected chi connectivity index (χ0v) is 27.7. The van der Waals surface area contributed by atoms with Crippen molar-refractivity contribution in [2.24, 2.45) is 10.9 Å². The first kappa shape index (κ1) is 33.0. The molecular weight excluding hydrogens is 641 g/mol. The zero-order valence-electron chi connectivity index (χ0n) is 27.7. The number of carbonyl (C=O) groups excluding carboxylic acids is 1. The zero-order chi connectivity index (χ0) is 35.0. The highest BCUT2D eigenvalue weighted by Crippen LogP contribution is 2.40. The van der Waals surface area contributed by atoms with Crippen molar-refractivity contribution in [1.82, 2.24) is 19.8 Å². The summed E-state index contributed by atoms with van der Waals surface area (Å²) in [7, 11) is 3.84. The van der Waals surface area contributed by atoms with Gasteiger partial charge in [-0.25, -0.2) is 0 Å². The number of nitrogens with zero attached hydrogens (tertiary/aromatic N) is 5. The molecule has 254 valence electrons. The smallest absolute Gasteiger partial charge is 0.371 e. The molecule has 2 aromatic carbocycles. The van der Waals surface area contributed by atoms with E-state index in [1.54, 1.807) is 29.4 Å². The summed E-state index contributed by atoms with van der Waals surface area (Å²) in [5.41, 5.74) is 2.83. The van der Waals surface area contributed by atoms with Gasteiger partial charge in [-0.1, -0.05) is 30.0 Å². The van der Waals surface area contributed by atoms with Crippen molar-refractivity contribution in [3.8, 4) is 17.5 Å². The van der Waals surface area contributed by atoms with Crippen molar-refractivity contribution in [3.05, 3.63) is 117 Å². The molecule has 1 atom stereocenters. The molecule has 1 saturated heterocycles. The number of amides is 1. The van der Waals surface area contributed by atoms with Gasteiger partial charge in [0.2, 0.25) is 5.91 Å². The Hall–Kier alpha value is -5.47. The first-order valence-electron chi connectivity index (χ1n) is 16.5. The summed E-state index contributed by atoms with van der Waals surface area (Å²) in [6, 6.07) is 16.8. The Kier molecular flexibility index (Phi) is 8.89. The number of likely N-dealkylation sites (N-methyl/N-ethyl adjacent to an activating group) is 1. The van der Waals surface area contributed by atoms with Crippen LogP contribution in [0.15, 0.2) is 94.5 Å². The molecule has 3 aliphatic rings. The summed E-state index contributed by atoms with van der Waals surface area (Å²) < 4.78 is 45.5. The molecule has 0 radical (unpaired) electrons. The number of benzene rings is 2. The largest absolute Gasteiger partial charge is 0.418 e. The summed E-state index contributed by atoms with van der Waals surface area (Å²) in [6.45, 7) is 1.83. The van der Waals surface area contributed by atoms with Crippen molar-refractivity contribution in [3.63, 3.8) is 0 Å². The van der Waals surface area contributed by atoms with Crippen LogP contribution in [-0.4, -0.2) is 66.8 Å². The molecule has 0 saturated carbocycles. The second-order valence-corrected chi connectivity index (χ2v) is 13.0. The Morgan fingerprint density at radius 2 is 1.84 bits per heavy atom. The third-order valence-corrected chi connectivity index (χ3v) is 9.37. The molecule has 1 N–H and O–H groups in total. The van der Waals surface area contributed by atoms with E-state index in [-0.39, 0.29) is 23.2 Å². The maximum absolute atomic E-state index is 14.7. The lowest BCUT2D eigenvalue weighted by Crippen LogP contribution is -2.42. The van der Waals surface area contributed by atoms with Gasteiger partial charge in [0.25, 0.3) is 5.56 Å². The van der Waals surface area contributed by atoms with Crippen molar-refractivity contribution in [2.75, 3.05) is 45.2 Å². The summed E-state index contributed by atoms with van der Waals surface area (Å²) in [5.74, 6) is 5.50. The number of pyridine rings is 2. The van der Waals surface area contributed by atoms with Gasteiger partial charge in [-0.2, -0.15) is 13.2 Å². The van der Waals surface area contributed by atoms with Gasteiger partial charge >= 0.3 is 6.18 Å². The van der Waals surface area contributed by atoms with E-state index in [1.807, 2.05) is 61.5 Å². The molecule has 0 spiro atoms. The summed E-state index contributed by atoms with van der Waals surface area (Å²) in [5, 5.41) is 3.90. The van der Waals surface area contributed by atoms with Crippen LogP contribution in [0.4, 0.5) is 18.9 Å². The number of alkyl halides is 3. The monoisotopic (exact) mass is 676 g/mol. The molecule has 4 heterocycles. The Bertz CT molecular complexity index is 2200. The molecule has 11 heteroatoms. The average molecular weight is 677 g/mol. The SMILES string of the molecule is CN(C)CCNC(=O)C1CCN(c2ccc(-n3c4c(ccc3=O)C=NC3=CC=C(c5cnc6ccccc6c5)C#CC34)cc2C(F)(F)F)CC1. The first-order chi connectivity index (χ1) is 24.1. The molecular formula is C39H35F3N6O2. The topological polar surface area (TPSA) is 82.8 Å². The van der Waals surface area contributed by atoms with Crippen molar-refractivity contribution in [2.45, 2.75) is 24.9 Å². The highest BCUT2D eigenvalue weighted by molar-refractivity contribution is 5.89. The van der Waals surface area contributed by atoms with Gasteiger partial charge in [0.05, 0.1) is 22.5 Å². The predicted molar refractivity (Wildman–Crippen MR) is 189 cm³/mol. The number of nitrogens with one attached hydrogen (secondary N) is 1. The molecule has 7 rings (SSSR count). The molecule has 1 amide bonds. The van der Waals surface area contributed by atoms with Crippen LogP contribution in [0.3, 0.4) is 0 Å². The Labute approximate surface area is 287 Å². The third-order valence-electron chi connectivity index (χ3n) is 9.37. The summed E-state index contributed by atoms with van der Waals surface area (Å²) >= 11 is 0. The summed E-state index contributed by atoms with van der Waals surface area (Å²) in [4.78, 5) is 39.0. The van der Waals surface area contributed by atoms with E-state index in [2.05, 4.69) is 27.1 Å². The number of piperidine rings is 1. The van der Waals surface area contributed by atoms with E-state index < -0.39 is 23.2 Å². The number of allylic oxidation sites excluding steroid dienone is 4. The molecule has 2 aromatic heterocycles. The van der Waals surface area contributed by atoms with Crippen molar-refractivity contribution >= 4 is 34.3 Å². The number of carbonyl (C=O) groups is 1. The number of hydrogen-bond acceptors (Lipinski definition) is 6. The van der Waals surface area contributed by atoms with E-state index in [4.69, 9.17) is 0 Å². The number of aromatic nitrogens is 2. The van der Waals surface area contributed by atoms with Gasteiger partial charge < -0.3 is 15.1 Å². The van der Waals surface area contributed by atoms with Crippen LogP contribution >= 0.6 is 0 Å². The average Bonchev–Trinajstić information content (AvgIpc) is 3.34. The fraction of sp³-hybridized carbons (Fsp3) is 0.282. The number of aliphatic imine (C=N–C) groups is 1. The molecule has 8 nitrogen and oxygen atoms in total. The number of rotatable bonds is 7. The highest BCUT2D eigenvalue weighted by atomic mass is 19.4. The quantitative estimate of drug-likeness (QED) is 0.251. The van der Waals surface area contributed by atoms with Crippen LogP contribution in [-0.2, 0) is 11.0 Å². The van der Waals surface area contributed by atoms with Gasteiger partial charge in [-0.05, 0) is 75.5 Å². The number of anilines is 1. The second kappa shape index (κ2) is 13.4. The minimum atomic E-state index is -4.69. The van der Waals surface area contributed by atoms with Crippen LogP contribution < -0.4 is 15.8 Å². The third kappa shape index (κ3) is 6.59. The lowest BCUT2D eigenvalue weighted by molar-refractivity contribution is -0.137. The molecule has 1 aliphatic carbocycles. The Morgan fingerprint density at radius 3 is 2.62 bits per heavy atom. The molecule has 1 fully saturated rings. The lowest BCUT2D eigenvalue weighted by Gasteiger charge is -2.35. The maximum atomic E-state index is 14.7. The number of halogens is 3. The van der Waals surface area contributed by atoms with Crippen LogP contribution in [0, 0.1) is 17.8 Å². The minimum absolute atomic E-state index is 0.0276. The normalized spacial score (nSPS) is 17.3. The number of fused-ring (bicyclic) bond motifs is 4. The van der Waals surface area contributed by atoms with E-state index in [0.717, 1.165) is 22.5 Å². The number of hydrogen-bond donors (Lipinski definition) is 1.